The molecule has 0 aromatic heterocycles. The summed E-state index contributed by atoms with van der Waals surface area (Å²) >= 11 is 0. The van der Waals surface area contributed by atoms with E-state index >= 15 is 0 Å². The standard InChI is InChI=1S/C44H50N4O11/c49-39(37(47-43(53)57-31-35-21-9-3-10-22-35)25-13-15-27-45-41(51)55-29-33-17-5-1-6-18-33)59-40(50)38(48-44(54)58-32-36-23-11-4-12-24-36)26-14-16-28-46-42(52)56-30-34-19-7-2-8-20-34/h1-12,17-24,37-38H,13-16,25-32H2,(H,45,51)(H,46,52)(H,47,53)(H,48,54)/t37-,38?/m0/s1. The van der Waals surface area contributed by atoms with Gasteiger partial charge in [-0.2, -0.15) is 0 Å². The summed E-state index contributed by atoms with van der Waals surface area (Å²) in [6.45, 7) is 0.487. The number of hydrogen-bond acceptors (Lipinski definition) is 11. The van der Waals surface area contributed by atoms with Gasteiger partial charge in [0.05, 0.1) is 0 Å². The third kappa shape index (κ3) is 18.7. The first-order valence-electron chi connectivity index (χ1n) is 19.3. The van der Waals surface area contributed by atoms with Gasteiger partial charge in [-0.15, -0.1) is 0 Å². The minimum Gasteiger partial charge on any atom is -0.445 e. The number of benzene rings is 4. The molecule has 2 atom stereocenters. The van der Waals surface area contributed by atoms with Crippen molar-refractivity contribution in [1.29, 1.82) is 0 Å². The van der Waals surface area contributed by atoms with Crippen molar-refractivity contribution in [2.24, 2.45) is 0 Å². The highest BCUT2D eigenvalue weighted by Crippen LogP contribution is 2.11. The molecule has 4 amide bonds. The Hall–Kier alpha value is -6.90. The van der Waals surface area contributed by atoms with E-state index in [1.807, 2.05) is 72.8 Å². The van der Waals surface area contributed by atoms with Gasteiger partial charge in [0.2, 0.25) is 0 Å². The highest BCUT2D eigenvalue weighted by Gasteiger charge is 2.30. The summed E-state index contributed by atoms with van der Waals surface area (Å²) in [5, 5.41) is 10.2. The molecular weight excluding hydrogens is 761 g/mol. The molecule has 1 unspecified atom stereocenters. The molecule has 15 nitrogen and oxygen atoms in total. The van der Waals surface area contributed by atoms with Gasteiger partial charge in [0.15, 0.2) is 0 Å². The number of carbonyl (C=O) groups excluding carboxylic acids is 6. The van der Waals surface area contributed by atoms with Crippen LogP contribution in [0.5, 0.6) is 0 Å². The normalized spacial score (nSPS) is 11.5. The number of unbranched alkanes of at least 4 members (excludes halogenated alkanes) is 2. The van der Waals surface area contributed by atoms with Crippen LogP contribution in [0.2, 0.25) is 0 Å². The van der Waals surface area contributed by atoms with Crippen LogP contribution in [0, 0.1) is 0 Å². The largest absolute Gasteiger partial charge is 0.445 e. The molecule has 4 aromatic rings. The fourth-order valence-electron chi connectivity index (χ4n) is 5.43. The number of hydrogen-bond donors (Lipinski definition) is 4. The van der Waals surface area contributed by atoms with Crippen molar-refractivity contribution in [2.75, 3.05) is 13.1 Å². The van der Waals surface area contributed by atoms with Gasteiger partial charge in [0, 0.05) is 13.1 Å². The maximum absolute atomic E-state index is 13.5. The summed E-state index contributed by atoms with van der Waals surface area (Å²) in [5.74, 6) is -2.15. The van der Waals surface area contributed by atoms with Crippen LogP contribution in [0.3, 0.4) is 0 Å². The van der Waals surface area contributed by atoms with Crippen LogP contribution in [0.15, 0.2) is 121 Å². The van der Waals surface area contributed by atoms with Crippen molar-refractivity contribution in [3.05, 3.63) is 144 Å². The first-order valence-corrected chi connectivity index (χ1v) is 19.3. The lowest BCUT2D eigenvalue weighted by Gasteiger charge is -2.20. The minimum atomic E-state index is -1.32. The Balaban J connectivity index is 1.31. The molecule has 0 bridgehead atoms. The average Bonchev–Trinajstić information content (AvgIpc) is 3.26. The predicted molar refractivity (Wildman–Crippen MR) is 215 cm³/mol. The van der Waals surface area contributed by atoms with E-state index in [-0.39, 0.29) is 52.4 Å². The van der Waals surface area contributed by atoms with E-state index in [1.54, 1.807) is 48.5 Å². The van der Waals surface area contributed by atoms with Gasteiger partial charge in [-0.3, -0.25) is 0 Å². The number of amides is 4. The smallest absolute Gasteiger partial charge is 0.408 e. The third-order valence-corrected chi connectivity index (χ3v) is 8.58. The van der Waals surface area contributed by atoms with Crippen LogP contribution in [0.4, 0.5) is 19.2 Å². The third-order valence-electron chi connectivity index (χ3n) is 8.58. The van der Waals surface area contributed by atoms with Crippen molar-refractivity contribution in [1.82, 2.24) is 21.3 Å². The first kappa shape index (κ1) is 44.8. The van der Waals surface area contributed by atoms with Crippen LogP contribution in [0.1, 0.15) is 60.8 Å². The molecule has 312 valence electrons. The van der Waals surface area contributed by atoms with E-state index in [2.05, 4.69) is 21.3 Å². The molecular formula is C44H50N4O11. The molecule has 59 heavy (non-hydrogen) atoms. The zero-order chi connectivity index (χ0) is 41.9. The SMILES string of the molecule is O=C(NCCCCC(NC(=O)OCc1ccccc1)C(=O)OC(=O)[C@H](CCCCNC(=O)OCc1ccccc1)NC(=O)OCc1ccccc1)OCc1ccccc1. The van der Waals surface area contributed by atoms with E-state index in [0.29, 0.717) is 25.7 Å². The lowest BCUT2D eigenvalue weighted by Crippen LogP contribution is -2.47. The lowest BCUT2D eigenvalue weighted by molar-refractivity contribution is -0.162. The Bertz CT molecular complexity index is 1750. The van der Waals surface area contributed by atoms with Crippen LogP contribution >= 0.6 is 0 Å². The number of ether oxygens (including phenoxy) is 5. The fourth-order valence-corrected chi connectivity index (χ4v) is 5.43. The fraction of sp³-hybridized carbons (Fsp3) is 0.318. The molecule has 0 aliphatic carbocycles. The summed E-state index contributed by atoms with van der Waals surface area (Å²) in [4.78, 5) is 76.9. The molecule has 0 heterocycles. The molecule has 4 N–H and O–H groups in total. The summed E-state index contributed by atoms with van der Waals surface area (Å²) < 4.78 is 26.3. The minimum absolute atomic E-state index is 0.0244. The second kappa shape index (κ2) is 26.1. The Morgan fingerprint density at radius 1 is 0.390 bits per heavy atom. The molecule has 4 aromatic carbocycles. The Labute approximate surface area is 343 Å². The van der Waals surface area contributed by atoms with Crippen molar-refractivity contribution in [2.45, 2.75) is 77.0 Å². The molecule has 0 spiro atoms. The molecule has 0 saturated heterocycles. The van der Waals surface area contributed by atoms with E-state index in [9.17, 15) is 28.8 Å². The molecule has 0 aliphatic rings. The van der Waals surface area contributed by atoms with Crippen molar-refractivity contribution >= 4 is 36.3 Å². The summed E-state index contributed by atoms with van der Waals surface area (Å²) in [7, 11) is 0. The van der Waals surface area contributed by atoms with Crippen molar-refractivity contribution in [3.8, 4) is 0 Å². The number of rotatable bonds is 22. The summed E-state index contributed by atoms with van der Waals surface area (Å²) in [6, 6.07) is 33.6. The van der Waals surface area contributed by atoms with Gasteiger partial charge < -0.3 is 45.0 Å². The maximum atomic E-state index is 13.5. The van der Waals surface area contributed by atoms with E-state index in [1.165, 1.54) is 0 Å². The second-order valence-corrected chi connectivity index (χ2v) is 13.2. The quantitative estimate of drug-likeness (QED) is 0.0281. The highest BCUT2D eigenvalue weighted by molar-refractivity contribution is 5.93. The van der Waals surface area contributed by atoms with Crippen LogP contribution in [0.25, 0.3) is 0 Å². The van der Waals surface area contributed by atoms with Crippen molar-refractivity contribution in [3.63, 3.8) is 0 Å². The number of carbonyl (C=O) groups is 6. The molecule has 4 rings (SSSR count). The molecule has 0 saturated carbocycles. The first-order chi connectivity index (χ1) is 28.7. The van der Waals surface area contributed by atoms with E-state index in [0.717, 1.165) is 22.3 Å². The summed E-state index contributed by atoms with van der Waals surface area (Å²) in [5.41, 5.74) is 3.10. The zero-order valence-electron chi connectivity index (χ0n) is 32.7. The maximum Gasteiger partial charge on any atom is 0.408 e. The second-order valence-electron chi connectivity index (χ2n) is 13.2. The topological polar surface area (TPSA) is 197 Å². The highest BCUT2D eigenvalue weighted by atomic mass is 16.6. The van der Waals surface area contributed by atoms with Crippen molar-refractivity contribution < 1.29 is 52.5 Å². The van der Waals surface area contributed by atoms with Crippen LogP contribution < -0.4 is 21.3 Å². The average molecular weight is 811 g/mol. The lowest BCUT2D eigenvalue weighted by atomic mass is 10.1. The monoisotopic (exact) mass is 810 g/mol. The predicted octanol–water partition coefficient (Wildman–Crippen LogP) is 6.84. The van der Waals surface area contributed by atoms with Gasteiger partial charge in [-0.1, -0.05) is 121 Å². The Morgan fingerprint density at radius 3 is 0.983 bits per heavy atom. The number of esters is 2. The Kier molecular flexibility index (Phi) is 19.8. The van der Waals surface area contributed by atoms with Gasteiger partial charge in [0.25, 0.3) is 0 Å². The number of nitrogens with one attached hydrogen (secondary N) is 4. The molecule has 0 fully saturated rings. The molecule has 0 aliphatic heterocycles. The van der Waals surface area contributed by atoms with Crippen LogP contribution in [-0.4, -0.2) is 61.5 Å². The van der Waals surface area contributed by atoms with Gasteiger partial charge in [-0.25, -0.2) is 28.8 Å². The molecule has 15 heteroatoms. The number of alkyl carbamates (subject to hydrolysis) is 4. The van der Waals surface area contributed by atoms with Gasteiger partial charge in [0.1, 0.15) is 38.5 Å². The van der Waals surface area contributed by atoms with Gasteiger partial charge >= 0.3 is 36.3 Å². The summed E-state index contributed by atoms with van der Waals surface area (Å²) in [6.07, 6.45) is -1.59. The van der Waals surface area contributed by atoms with Gasteiger partial charge in [-0.05, 0) is 60.8 Å². The molecule has 0 radical (unpaired) electrons. The zero-order valence-corrected chi connectivity index (χ0v) is 32.7. The Morgan fingerprint density at radius 2 is 0.678 bits per heavy atom. The van der Waals surface area contributed by atoms with E-state index in [4.69, 9.17) is 23.7 Å². The van der Waals surface area contributed by atoms with Crippen LogP contribution in [-0.2, 0) is 59.7 Å². The van der Waals surface area contributed by atoms with E-state index < -0.39 is 48.4 Å².